The predicted molar refractivity (Wildman–Crippen MR) is 96.7 cm³/mol. The van der Waals surface area contributed by atoms with Gasteiger partial charge in [0.15, 0.2) is 11.5 Å². The standard InChI is InChI=1S/C20H22F3NO4/c1-26-18-7-2-4-14(19(18)25)13-24-10-8-15(9-11-24)27-16-5-3-6-17(12-16)28-20(21,22)23/h2-7,12,15,25H,8-11,13H2,1H3. The number of hydrogen-bond acceptors (Lipinski definition) is 5. The van der Waals surface area contributed by atoms with E-state index in [1.54, 1.807) is 12.1 Å². The number of benzene rings is 2. The van der Waals surface area contributed by atoms with Crippen LogP contribution < -0.4 is 14.2 Å². The van der Waals surface area contributed by atoms with Crippen molar-refractivity contribution in [2.75, 3.05) is 20.2 Å². The Labute approximate surface area is 161 Å². The molecule has 0 saturated carbocycles. The minimum absolute atomic E-state index is 0.0868. The van der Waals surface area contributed by atoms with E-state index in [0.29, 0.717) is 18.0 Å². The van der Waals surface area contributed by atoms with Gasteiger partial charge in [0.25, 0.3) is 0 Å². The van der Waals surface area contributed by atoms with Gasteiger partial charge >= 0.3 is 6.36 Å². The molecule has 0 spiro atoms. The molecule has 1 N–H and O–H groups in total. The maximum absolute atomic E-state index is 12.3. The Morgan fingerprint density at radius 1 is 1.07 bits per heavy atom. The molecule has 0 radical (unpaired) electrons. The quantitative estimate of drug-likeness (QED) is 0.786. The number of para-hydroxylation sites is 1. The number of aromatic hydroxyl groups is 1. The van der Waals surface area contributed by atoms with Crippen molar-refractivity contribution in [2.24, 2.45) is 0 Å². The molecule has 3 rings (SSSR count). The van der Waals surface area contributed by atoms with Crippen LogP contribution in [0.5, 0.6) is 23.0 Å². The molecule has 1 fully saturated rings. The van der Waals surface area contributed by atoms with E-state index < -0.39 is 6.36 Å². The van der Waals surface area contributed by atoms with E-state index in [4.69, 9.17) is 9.47 Å². The molecule has 1 aliphatic heterocycles. The number of phenolic OH excluding ortho intramolecular Hbond substituents is 1. The second kappa shape index (κ2) is 8.60. The first kappa shape index (κ1) is 20.1. The average Bonchev–Trinajstić information content (AvgIpc) is 2.64. The molecule has 152 valence electrons. The first-order valence-electron chi connectivity index (χ1n) is 8.94. The maximum Gasteiger partial charge on any atom is 0.573 e. The minimum atomic E-state index is -4.73. The van der Waals surface area contributed by atoms with Crippen molar-refractivity contribution < 1.29 is 32.5 Å². The average molecular weight is 397 g/mol. The topological polar surface area (TPSA) is 51.2 Å². The molecule has 0 atom stereocenters. The highest BCUT2D eigenvalue weighted by molar-refractivity contribution is 5.45. The normalized spacial score (nSPS) is 16.0. The Kier molecular flexibility index (Phi) is 6.18. The monoisotopic (exact) mass is 397 g/mol. The van der Waals surface area contributed by atoms with E-state index >= 15 is 0 Å². The molecular formula is C20H22F3NO4. The summed E-state index contributed by atoms with van der Waals surface area (Å²) in [4.78, 5) is 2.19. The first-order valence-corrected chi connectivity index (χ1v) is 8.94. The van der Waals surface area contributed by atoms with Crippen LogP contribution in [0.3, 0.4) is 0 Å². The van der Waals surface area contributed by atoms with Gasteiger partial charge in [-0.1, -0.05) is 18.2 Å². The van der Waals surface area contributed by atoms with Crippen molar-refractivity contribution in [3.8, 4) is 23.0 Å². The molecule has 5 nitrogen and oxygen atoms in total. The Hall–Kier alpha value is -2.61. The zero-order chi connectivity index (χ0) is 20.1. The number of phenols is 1. The van der Waals surface area contributed by atoms with Gasteiger partial charge in [0, 0.05) is 31.3 Å². The molecule has 28 heavy (non-hydrogen) atoms. The fraction of sp³-hybridized carbons (Fsp3) is 0.400. The number of rotatable bonds is 6. The van der Waals surface area contributed by atoms with Crippen molar-refractivity contribution in [3.05, 3.63) is 48.0 Å². The van der Waals surface area contributed by atoms with Crippen molar-refractivity contribution in [1.82, 2.24) is 4.90 Å². The number of likely N-dealkylation sites (tertiary alicyclic amines) is 1. The molecule has 0 aliphatic carbocycles. The van der Waals surface area contributed by atoms with Crippen LogP contribution in [0.4, 0.5) is 13.2 Å². The zero-order valence-corrected chi connectivity index (χ0v) is 15.4. The van der Waals surface area contributed by atoms with Gasteiger partial charge in [-0.15, -0.1) is 13.2 Å². The highest BCUT2D eigenvalue weighted by Crippen LogP contribution is 2.31. The third-order valence-corrected chi connectivity index (χ3v) is 4.57. The SMILES string of the molecule is COc1cccc(CN2CCC(Oc3cccc(OC(F)(F)F)c3)CC2)c1O. The third-order valence-electron chi connectivity index (χ3n) is 4.57. The lowest BCUT2D eigenvalue weighted by Crippen LogP contribution is -2.37. The van der Waals surface area contributed by atoms with Crippen LogP contribution in [0, 0.1) is 0 Å². The number of piperidine rings is 1. The number of ether oxygens (including phenoxy) is 3. The third kappa shape index (κ3) is 5.45. The van der Waals surface area contributed by atoms with Gasteiger partial charge in [-0.25, -0.2) is 0 Å². The van der Waals surface area contributed by atoms with E-state index in [1.807, 2.05) is 12.1 Å². The van der Waals surface area contributed by atoms with E-state index in [-0.39, 0.29) is 17.6 Å². The summed E-state index contributed by atoms with van der Waals surface area (Å²) in [7, 11) is 1.51. The van der Waals surface area contributed by atoms with Gasteiger partial charge in [-0.05, 0) is 31.0 Å². The van der Waals surface area contributed by atoms with Crippen molar-refractivity contribution in [3.63, 3.8) is 0 Å². The predicted octanol–water partition coefficient (Wildman–Crippen LogP) is 4.34. The van der Waals surface area contributed by atoms with Gasteiger partial charge in [0.1, 0.15) is 17.6 Å². The summed E-state index contributed by atoms with van der Waals surface area (Å²) in [6.45, 7) is 2.09. The maximum atomic E-state index is 12.3. The number of methoxy groups -OCH3 is 1. The molecule has 0 amide bonds. The highest BCUT2D eigenvalue weighted by Gasteiger charge is 2.31. The summed E-state index contributed by atoms with van der Waals surface area (Å²) in [6.07, 6.45) is -3.35. The van der Waals surface area contributed by atoms with Gasteiger partial charge < -0.3 is 19.3 Å². The van der Waals surface area contributed by atoms with E-state index in [1.165, 1.54) is 25.3 Å². The minimum Gasteiger partial charge on any atom is -0.504 e. The van der Waals surface area contributed by atoms with Gasteiger partial charge in [0.2, 0.25) is 0 Å². The van der Waals surface area contributed by atoms with Crippen LogP contribution >= 0.6 is 0 Å². The van der Waals surface area contributed by atoms with Crippen molar-refractivity contribution in [2.45, 2.75) is 31.9 Å². The van der Waals surface area contributed by atoms with Crippen LogP contribution in [-0.4, -0.2) is 42.7 Å². The lowest BCUT2D eigenvalue weighted by molar-refractivity contribution is -0.274. The molecule has 0 unspecified atom stereocenters. The Morgan fingerprint density at radius 2 is 1.75 bits per heavy atom. The molecule has 1 aliphatic rings. The second-order valence-electron chi connectivity index (χ2n) is 6.58. The lowest BCUT2D eigenvalue weighted by Gasteiger charge is -2.32. The summed E-state index contributed by atoms with van der Waals surface area (Å²) in [5.41, 5.74) is 0.788. The van der Waals surface area contributed by atoms with Gasteiger partial charge in [-0.3, -0.25) is 4.90 Å². The fourth-order valence-corrected chi connectivity index (χ4v) is 3.22. The largest absolute Gasteiger partial charge is 0.573 e. The molecule has 1 heterocycles. The molecule has 0 aromatic heterocycles. The van der Waals surface area contributed by atoms with E-state index in [2.05, 4.69) is 9.64 Å². The molecule has 2 aromatic rings. The number of halogens is 3. The Bertz CT molecular complexity index is 789. The van der Waals surface area contributed by atoms with Crippen LogP contribution in [0.1, 0.15) is 18.4 Å². The Morgan fingerprint density at radius 3 is 2.43 bits per heavy atom. The van der Waals surface area contributed by atoms with E-state index in [0.717, 1.165) is 31.5 Å². The molecule has 2 aromatic carbocycles. The second-order valence-corrected chi connectivity index (χ2v) is 6.58. The lowest BCUT2D eigenvalue weighted by atomic mass is 10.1. The number of alkyl halides is 3. The van der Waals surface area contributed by atoms with Crippen molar-refractivity contribution >= 4 is 0 Å². The molecule has 8 heteroatoms. The molecular weight excluding hydrogens is 375 g/mol. The number of nitrogens with zero attached hydrogens (tertiary/aromatic N) is 1. The summed E-state index contributed by atoms with van der Waals surface area (Å²) in [6, 6.07) is 11.0. The number of hydrogen-bond donors (Lipinski definition) is 1. The first-order chi connectivity index (χ1) is 13.3. The highest BCUT2D eigenvalue weighted by atomic mass is 19.4. The summed E-state index contributed by atoms with van der Waals surface area (Å²) in [5.74, 6) is 0.642. The summed E-state index contributed by atoms with van der Waals surface area (Å²) < 4.78 is 51.9. The van der Waals surface area contributed by atoms with E-state index in [9.17, 15) is 18.3 Å². The van der Waals surface area contributed by atoms with Crippen molar-refractivity contribution in [1.29, 1.82) is 0 Å². The van der Waals surface area contributed by atoms with Gasteiger partial charge in [0.05, 0.1) is 7.11 Å². The van der Waals surface area contributed by atoms with Crippen LogP contribution in [0.2, 0.25) is 0 Å². The van der Waals surface area contributed by atoms with Crippen LogP contribution in [0.25, 0.3) is 0 Å². The van der Waals surface area contributed by atoms with Crippen LogP contribution in [0.15, 0.2) is 42.5 Å². The Balaban J connectivity index is 1.53. The van der Waals surface area contributed by atoms with Crippen LogP contribution in [-0.2, 0) is 6.54 Å². The smallest absolute Gasteiger partial charge is 0.504 e. The van der Waals surface area contributed by atoms with Gasteiger partial charge in [-0.2, -0.15) is 0 Å². The molecule has 1 saturated heterocycles. The summed E-state index contributed by atoms with van der Waals surface area (Å²) in [5, 5.41) is 10.2. The summed E-state index contributed by atoms with van der Waals surface area (Å²) >= 11 is 0. The zero-order valence-electron chi connectivity index (χ0n) is 15.4. The fourth-order valence-electron chi connectivity index (χ4n) is 3.22. The molecule has 0 bridgehead atoms.